The van der Waals surface area contributed by atoms with Gasteiger partial charge in [-0.1, -0.05) is 12.8 Å². The molecular formula is C13H23NO. The molecule has 1 unspecified atom stereocenters. The normalized spacial score (nSPS) is 36.4. The standard InChI is InChI=1S/C13H23NO/c1-2-5-11(4-1)13(9-15-10-13)12-6-3-7-14-8-12/h11-12,14H,1-10H2. The van der Waals surface area contributed by atoms with Crippen molar-refractivity contribution in [3.63, 3.8) is 0 Å². The van der Waals surface area contributed by atoms with Gasteiger partial charge in [0.1, 0.15) is 0 Å². The lowest BCUT2D eigenvalue weighted by atomic mass is 9.62. The third-order valence-corrected chi connectivity index (χ3v) is 5.02. The molecule has 3 aliphatic rings. The van der Waals surface area contributed by atoms with Crippen LogP contribution in [-0.2, 0) is 4.74 Å². The van der Waals surface area contributed by atoms with Gasteiger partial charge in [-0.3, -0.25) is 0 Å². The SMILES string of the molecule is C1CCC(C2(C3CCCNC3)COC2)C1. The van der Waals surface area contributed by atoms with Gasteiger partial charge in [0, 0.05) is 5.41 Å². The van der Waals surface area contributed by atoms with Crippen LogP contribution >= 0.6 is 0 Å². The van der Waals surface area contributed by atoms with Crippen molar-refractivity contribution in [2.45, 2.75) is 38.5 Å². The summed E-state index contributed by atoms with van der Waals surface area (Å²) < 4.78 is 5.58. The van der Waals surface area contributed by atoms with E-state index in [1.54, 1.807) is 0 Å². The fraction of sp³-hybridized carbons (Fsp3) is 1.00. The Morgan fingerprint density at radius 1 is 0.933 bits per heavy atom. The van der Waals surface area contributed by atoms with Crippen molar-refractivity contribution in [1.82, 2.24) is 5.32 Å². The summed E-state index contributed by atoms with van der Waals surface area (Å²) in [4.78, 5) is 0. The minimum Gasteiger partial charge on any atom is -0.380 e. The van der Waals surface area contributed by atoms with E-state index in [4.69, 9.17) is 4.74 Å². The van der Waals surface area contributed by atoms with Gasteiger partial charge in [0.2, 0.25) is 0 Å². The van der Waals surface area contributed by atoms with Crippen molar-refractivity contribution >= 4 is 0 Å². The van der Waals surface area contributed by atoms with E-state index in [1.807, 2.05) is 0 Å². The van der Waals surface area contributed by atoms with Gasteiger partial charge in [-0.05, 0) is 50.6 Å². The van der Waals surface area contributed by atoms with Gasteiger partial charge >= 0.3 is 0 Å². The van der Waals surface area contributed by atoms with Crippen LogP contribution < -0.4 is 5.32 Å². The van der Waals surface area contributed by atoms with Gasteiger partial charge in [-0.25, -0.2) is 0 Å². The molecule has 0 spiro atoms. The lowest BCUT2D eigenvalue weighted by Crippen LogP contribution is -2.56. The maximum atomic E-state index is 5.58. The third-order valence-electron chi connectivity index (χ3n) is 5.02. The van der Waals surface area contributed by atoms with Gasteiger partial charge in [0.05, 0.1) is 13.2 Å². The average molecular weight is 209 g/mol. The van der Waals surface area contributed by atoms with Crippen LogP contribution in [0.1, 0.15) is 38.5 Å². The summed E-state index contributed by atoms with van der Waals surface area (Å²) in [6, 6.07) is 0. The van der Waals surface area contributed by atoms with E-state index in [-0.39, 0.29) is 0 Å². The Kier molecular flexibility index (Phi) is 2.73. The van der Waals surface area contributed by atoms with Gasteiger partial charge in [0.15, 0.2) is 0 Å². The first-order valence-corrected chi connectivity index (χ1v) is 6.70. The van der Waals surface area contributed by atoms with Crippen molar-refractivity contribution in [1.29, 1.82) is 0 Å². The zero-order valence-electron chi connectivity index (χ0n) is 9.63. The van der Waals surface area contributed by atoms with Crippen LogP contribution in [0, 0.1) is 17.3 Å². The molecule has 3 fully saturated rings. The Labute approximate surface area is 92.8 Å². The number of rotatable bonds is 2. The average Bonchev–Trinajstić information content (AvgIpc) is 2.72. The zero-order valence-corrected chi connectivity index (χ0v) is 9.63. The van der Waals surface area contributed by atoms with Crippen LogP contribution in [0.3, 0.4) is 0 Å². The van der Waals surface area contributed by atoms with E-state index in [2.05, 4.69) is 5.32 Å². The summed E-state index contributed by atoms with van der Waals surface area (Å²) in [5.74, 6) is 1.89. The molecule has 0 amide bonds. The summed E-state index contributed by atoms with van der Waals surface area (Å²) in [6.45, 7) is 4.60. The Balaban J connectivity index is 1.72. The van der Waals surface area contributed by atoms with E-state index in [1.165, 1.54) is 51.6 Å². The fourth-order valence-corrected chi connectivity index (χ4v) is 3.99. The third kappa shape index (κ3) is 1.62. The molecule has 0 radical (unpaired) electrons. The van der Waals surface area contributed by atoms with Crippen LogP contribution in [0.25, 0.3) is 0 Å². The molecule has 0 aromatic heterocycles. The van der Waals surface area contributed by atoms with E-state index >= 15 is 0 Å². The van der Waals surface area contributed by atoms with Gasteiger partial charge in [0.25, 0.3) is 0 Å². The minimum atomic E-state index is 0.587. The molecule has 1 N–H and O–H groups in total. The predicted molar refractivity (Wildman–Crippen MR) is 60.8 cm³/mol. The number of piperidine rings is 1. The largest absolute Gasteiger partial charge is 0.380 e. The van der Waals surface area contributed by atoms with Crippen LogP contribution in [0.15, 0.2) is 0 Å². The summed E-state index contributed by atoms with van der Waals surface area (Å²) in [5, 5.41) is 3.58. The second-order valence-electron chi connectivity index (χ2n) is 5.75. The molecule has 1 atom stereocenters. The number of hydrogen-bond acceptors (Lipinski definition) is 2. The van der Waals surface area contributed by atoms with E-state index in [0.717, 1.165) is 25.0 Å². The molecule has 1 aliphatic carbocycles. The van der Waals surface area contributed by atoms with Crippen LogP contribution in [0.4, 0.5) is 0 Å². The van der Waals surface area contributed by atoms with Gasteiger partial charge in [-0.15, -0.1) is 0 Å². The summed E-state index contributed by atoms with van der Waals surface area (Å²) in [6.07, 6.45) is 8.69. The monoisotopic (exact) mass is 209 g/mol. The van der Waals surface area contributed by atoms with Crippen LogP contribution in [0.2, 0.25) is 0 Å². The van der Waals surface area contributed by atoms with Gasteiger partial charge in [-0.2, -0.15) is 0 Å². The number of nitrogens with one attached hydrogen (secondary N) is 1. The molecule has 2 aliphatic heterocycles. The first-order valence-electron chi connectivity index (χ1n) is 6.70. The Bertz CT molecular complexity index is 213. The van der Waals surface area contributed by atoms with E-state index < -0.39 is 0 Å². The molecule has 0 aromatic carbocycles. The molecule has 2 saturated heterocycles. The smallest absolute Gasteiger partial charge is 0.0550 e. The molecule has 0 aromatic rings. The van der Waals surface area contributed by atoms with Gasteiger partial charge < -0.3 is 10.1 Å². The Morgan fingerprint density at radius 2 is 1.67 bits per heavy atom. The number of hydrogen-bond donors (Lipinski definition) is 1. The highest BCUT2D eigenvalue weighted by atomic mass is 16.5. The molecule has 86 valence electrons. The molecule has 0 bridgehead atoms. The molecule has 15 heavy (non-hydrogen) atoms. The highest BCUT2D eigenvalue weighted by molar-refractivity contribution is 4.99. The maximum Gasteiger partial charge on any atom is 0.0550 e. The Morgan fingerprint density at radius 3 is 2.20 bits per heavy atom. The molecule has 1 saturated carbocycles. The molecular weight excluding hydrogens is 186 g/mol. The molecule has 3 rings (SSSR count). The van der Waals surface area contributed by atoms with Crippen molar-refractivity contribution in [3.05, 3.63) is 0 Å². The quantitative estimate of drug-likeness (QED) is 0.753. The Hall–Kier alpha value is -0.0800. The lowest BCUT2D eigenvalue weighted by Gasteiger charge is -2.52. The number of ether oxygens (including phenoxy) is 1. The minimum absolute atomic E-state index is 0.587. The fourth-order valence-electron chi connectivity index (χ4n) is 3.99. The molecule has 2 heteroatoms. The second-order valence-corrected chi connectivity index (χ2v) is 5.75. The lowest BCUT2D eigenvalue weighted by molar-refractivity contribution is -0.180. The highest BCUT2D eigenvalue weighted by Gasteiger charge is 2.51. The summed E-state index contributed by atoms with van der Waals surface area (Å²) in [5.41, 5.74) is 0.587. The van der Waals surface area contributed by atoms with Crippen molar-refractivity contribution < 1.29 is 4.74 Å². The first-order chi connectivity index (χ1) is 7.42. The van der Waals surface area contributed by atoms with Crippen molar-refractivity contribution in [2.75, 3.05) is 26.3 Å². The van der Waals surface area contributed by atoms with E-state index in [0.29, 0.717) is 5.41 Å². The molecule has 2 nitrogen and oxygen atoms in total. The highest BCUT2D eigenvalue weighted by Crippen LogP contribution is 2.51. The van der Waals surface area contributed by atoms with Crippen LogP contribution in [0.5, 0.6) is 0 Å². The first kappa shape index (κ1) is 10.1. The molecule has 2 heterocycles. The van der Waals surface area contributed by atoms with Crippen molar-refractivity contribution in [3.8, 4) is 0 Å². The van der Waals surface area contributed by atoms with E-state index in [9.17, 15) is 0 Å². The predicted octanol–water partition coefficient (Wildman–Crippen LogP) is 2.19. The zero-order chi connectivity index (χ0) is 10.1. The van der Waals surface area contributed by atoms with Crippen LogP contribution in [-0.4, -0.2) is 26.3 Å². The second kappa shape index (κ2) is 4.06. The van der Waals surface area contributed by atoms with Crippen molar-refractivity contribution in [2.24, 2.45) is 17.3 Å². The topological polar surface area (TPSA) is 21.3 Å². The maximum absolute atomic E-state index is 5.58. The summed E-state index contributed by atoms with van der Waals surface area (Å²) >= 11 is 0. The summed E-state index contributed by atoms with van der Waals surface area (Å²) in [7, 11) is 0.